The third-order valence-corrected chi connectivity index (χ3v) is 5.27. The van der Waals surface area contributed by atoms with E-state index in [9.17, 15) is 9.59 Å². The van der Waals surface area contributed by atoms with Crippen LogP contribution in [-0.4, -0.2) is 63.9 Å². The quantitative estimate of drug-likeness (QED) is 0.774. The van der Waals surface area contributed by atoms with Crippen LogP contribution in [0.2, 0.25) is 0 Å². The maximum atomic E-state index is 13.0. The molecule has 7 heteroatoms. The second-order valence-electron chi connectivity index (χ2n) is 6.99. The Morgan fingerprint density at radius 1 is 1.22 bits per heavy atom. The van der Waals surface area contributed by atoms with Crippen molar-refractivity contribution < 1.29 is 14.3 Å². The van der Waals surface area contributed by atoms with Crippen LogP contribution in [0.3, 0.4) is 0 Å². The van der Waals surface area contributed by atoms with Crippen LogP contribution >= 0.6 is 0 Å². The molecular weight excluding hydrogens is 296 g/mol. The molecule has 2 aliphatic heterocycles. The monoisotopic (exact) mass is 318 g/mol. The molecule has 0 saturated carbocycles. The molecule has 0 N–H and O–H groups in total. The van der Waals surface area contributed by atoms with E-state index in [-0.39, 0.29) is 12.0 Å². The molecule has 0 radical (unpaired) electrons. The van der Waals surface area contributed by atoms with Gasteiger partial charge in [-0.05, 0) is 25.7 Å². The molecule has 23 heavy (non-hydrogen) atoms. The summed E-state index contributed by atoms with van der Waals surface area (Å²) in [6.07, 6.45) is 4.56. The van der Waals surface area contributed by atoms with Gasteiger partial charge in [0.05, 0.1) is 18.8 Å². The highest BCUT2D eigenvalue weighted by Crippen LogP contribution is 2.33. The first-order valence-corrected chi connectivity index (χ1v) is 8.27. The number of hydrogen-bond donors (Lipinski definition) is 0. The van der Waals surface area contributed by atoms with Gasteiger partial charge in [-0.15, -0.1) is 0 Å². The van der Waals surface area contributed by atoms with Crippen molar-refractivity contribution in [3.63, 3.8) is 0 Å². The molecular formula is C16H22N4O3. The second kappa shape index (κ2) is 4.97. The third-order valence-electron chi connectivity index (χ3n) is 5.27. The van der Waals surface area contributed by atoms with Crippen molar-refractivity contribution in [2.24, 2.45) is 7.05 Å². The normalized spacial score (nSPS) is 26.8. The molecule has 2 amide bonds. The summed E-state index contributed by atoms with van der Waals surface area (Å²) >= 11 is 0. The van der Waals surface area contributed by atoms with E-state index in [2.05, 4.69) is 5.10 Å². The molecule has 0 unspecified atom stereocenters. The maximum Gasteiger partial charge on any atom is 0.410 e. The number of likely N-dealkylation sites (tertiary alicyclic amines) is 1. The number of fused-ring (bicyclic) bond motifs is 1. The number of amides is 2. The molecule has 2 fully saturated rings. The predicted molar refractivity (Wildman–Crippen MR) is 82.2 cm³/mol. The Labute approximate surface area is 135 Å². The minimum absolute atomic E-state index is 0.0191. The molecule has 1 aliphatic carbocycles. The standard InChI is InChI=1S/C16H22N4O3/c1-18-9-16(23-15(18)22)7-8-20(10-16)14(21)13-11-5-3-4-6-12(11)17-19(13)2/h3-10H2,1-2H3/t16-/m1/s1. The van der Waals surface area contributed by atoms with Crippen LogP contribution in [0.25, 0.3) is 0 Å². The van der Waals surface area contributed by atoms with Gasteiger partial charge >= 0.3 is 6.09 Å². The van der Waals surface area contributed by atoms with Crippen molar-refractivity contribution in [1.29, 1.82) is 0 Å². The average molecular weight is 318 g/mol. The summed E-state index contributed by atoms with van der Waals surface area (Å²) < 4.78 is 7.27. The summed E-state index contributed by atoms with van der Waals surface area (Å²) in [5, 5.41) is 4.53. The number of carbonyl (C=O) groups is 2. The molecule has 2 saturated heterocycles. The van der Waals surface area contributed by atoms with E-state index in [0.29, 0.717) is 26.1 Å². The van der Waals surface area contributed by atoms with Crippen molar-refractivity contribution >= 4 is 12.0 Å². The first kappa shape index (κ1) is 14.5. The Kier molecular flexibility index (Phi) is 3.14. The molecule has 3 aliphatic rings. The summed E-state index contributed by atoms with van der Waals surface area (Å²) in [6, 6.07) is 0. The highest BCUT2D eigenvalue weighted by Gasteiger charge is 2.50. The Hall–Kier alpha value is -2.05. The van der Waals surface area contributed by atoms with Crippen molar-refractivity contribution in [3.8, 4) is 0 Å². The molecule has 124 valence electrons. The van der Waals surface area contributed by atoms with Gasteiger partial charge in [-0.3, -0.25) is 9.48 Å². The molecule has 4 rings (SSSR count). The fraction of sp³-hybridized carbons (Fsp3) is 0.688. The van der Waals surface area contributed by atoms with Crippen molar-refractivity contribution in [2.75, 3.05) is 26.7 Å². The lowest BCUT2D eigenvalue weighted by Gasteiger charge is -2.22. The van der Waals surface area contributed by atoms with Crippen LogP contribution in [0, 0.1) is 0 Å². The molecule has 1 aromatic rings. The number of likely N-dealkylation sites (N-methyl/N-ethyl adjacent to an activating group) is 1. The van der Waals surface area contributed by atoms with E-state index < -0.39 is 5.60 Å². The van der Waals surface area contributed by atoms with Gasteiger partial charge in [0.2, 0.25) is 0 Å². The van der Waals surface area contributed by atoms with E-state index in [0.717, 1.165) is 42.6 Å². The molecule has 0 bridgehead atoms. The lowest BCUT2D eigenvalue weighted by Crippen LogP contribution is -2.39. The smallest absolute Gasteiger partial charge is 0.410 e. The largest absolute Gasteiger partial charge is 0.439 e. The molecule has 0 aromatic carbocycles. The predicted octanol–water partition coefficient (Wildman–Crippen LogP) is 0.966. The zero-order valence-electron chi connectivity index (χ0n) is 13.7. The molecule has 7 nitrogen and oxygen atoms in total. The van der Waals surface area contributed by atoms with Gasteiger partial charge in [0.15, 0.2) is 5.60 Å². The number of hydrogen-bond acceptors (Lipinski definition) is 4. The first-order valence-electron chi connectivity index (χ1n) is 8.27. The van der Waals surface area contributed by atoms with Crippen molar-refractivity contribution in [2.45, 2.75) is 37.7 Å². The number of aromatic nitrogens is 2. The second-order valence-corrected chi connectivity index (χ2v) is 6.99. The SMILES string of the molecule is CN1C[C@@]2(CCN(C(=O)c3c4c(nn3C)CCCC4)C2)OC1=O. The average Bonchev–Trinajstić information content (AvgIpc) is 3.15. The van der Waals surface area contributed by atoms with E-state index in [4.69, 9.17) is 4.74 Å². The van der Waals surface area contributed by atoms with Crippen molar-refractivity contribution in [1.82, 2.24) is 19.6 Å². The fourth-order valence-electron chi connectivity index (χ4n) is 4.12. The minimum atomic E-state index is -0.528. The zero-order chi connectivity index (χ0) is 16.2. The van der Waals surface area contributed by atoms with Gasteiger partial charge in [-0.2, -0.15) is 5.10 Å². The lowest BCUT2D eigenvalue weighted by molar-refractivity contribution is 0.0547. The van der Waals surface area contributed by atoms with Crippen LogP contribution in [0.15, 0.2) is 0 Å². The topological polar surface area (TPSA) is 67.7 Å². The van der Waals surface area contributed by atoms with E-state index in [1.807, 2.05) is 11.9 Å². The highest BCUT2D eigenvalue weighted by atomic mass is 16.6. The Bertz CT molecular complexity index is 683. The number of aryl methyl sites for hydroxylation is 2. The van der Waals surface area contributed by atoms with Gasteiger partial charge in [-0.1, -0.05) is 0 Å². The number of ether oxygens (including phenoxy) is 1. The number of rotatable bonds is 1. The minimum Gasteiger partial charge on any atom is -0.439 e. The van der Waals surface area contributed by atoms with Crippen LogP contribution in [0.1, 0.15) is 41.0 Å². The Balaban J connectivity index is 1.57. The van der Waals surface area contributed by atoms with E-state index >= 15 is 0 Å². The van der Waals surface area contributed by atoms with E-state index in [1.165, 1.54) is 0 Å². The first-order chi connectivity index (χ1) is 11.0. The van der Waals surface area contributed by atoms with Gasteiger partial charge < -0.3 is 14.5 Å². The third kappa shape index (κ3) is 2.21. The zero-order valence-corrected chi connectivity index (χ0v) is 13.7. The van der Waals surface area contributed by atoms with Gasteiger partial charge in [-0.25, -0.2) is 4.79 Å². The number of nitrogens with zero attached hydrogens (tertiary/aromatic N) is 4. The number of carbonyl (C=O) groups excluding carboxylic acids is 2. The molecule has 1 aromatic heterocycles. The maximum absolute atomic E-state index is 13.0. The van der Waals surface area contributed by atoms with Crippen molar-refractivity contribution in [3.05, 3.63) is 17.0 Å². The van der Waals surface area contributed by atoms with E-state index in [1.54, 1.807) is 16.6 Å². The summed E-state index contributed by atoms with van der Waals surface area (Å²) in [7, 11) is 3.58. The van der Waals surface area contributed by atoms with Crippen LogP contribution in [0.5, 0.6) is 0 Å². The van der Waals surface area contributed by atoms with Gasteiger partial charge in [0.25, 0.3) is 5.91 Å². The summed E-state index contributed by atoms with van der Waals surface area (Å²) in [4.78, 5) is 28.1. The summed E-state index contributed by atoms with van der Waals surface area (Å²) in [5.41, 5.74) is 2.38. The summed E-state index contributed by atoms with van der Waals surface area (Å²) in [6.45, 7) is 1.65. The highest BCUT2D eigenvalue weighted by molar-refractivity contribution is 5.94. The van der Waals surface area contributed by atoms with Crippen LogP contribution in [0.4, 0.5) is 4.79 Å². The Morgan fingerprint density at radius 3 is 2.74 bits per heavy atom. The van der Waals surface area contributed by atoms with Crippen LogP contribution in [-0.2, 0) is 24.6 Å². The van der Waals surface area contributed by atoms with Gasteiger partial charge in [0, 0.05) is 32.6 Å². The fourth-order valence-corrected chi connectivity index (χ4v) is 4.12. The molecule has 1 spiro atoms. The molecule has 3 heterocycles. The van der Waals surface area contributed by atoms with Gasteiger partial charge in [0.1, 0.15) is 5.69 Å². The lowest BCUT2D eigenvalue weighted by atomic mass is 9.95. The molecule has 1 atom stereocenters. The van der Waals surface area contributed by atoms with Crippen LogP contribution < -0.4 is 0 Å². The summed E-state index contributed by atoms with van der Waals surface area (Å²) in [5.74, 6) is 0.0191. The Morgan fingerprint density at radius 2 is 2.00 bits per heavy atom.